The highest BCUT2D eigenvalue weighted by Gasteiger charge is 2.07. The fourth-order valence-electron chi connectivity index (χ4n) is 1.36. The summed E-state index contributed by atoms with van der Waals surface area (Å²) in [5.74, 6) is 0.620. The lowest BCUT2D eigenvalue weighted by molar-refractivity contribution is 0.424. The van der Waals surface area contributed by atoms with E-state index in [-0.39, 0.29) is 5.75 Å². The van der Waals surface area contributed by atoms with Gasteiger partial charge in [-0.05, 0) is 47.5 Å². The standard InChI is InChI=1S/C12H10BrFN2O/c1-7-3-4-9(14)10(5-7)17-12-6-11(13)15-8(2)16-12/h3-6H,1-2H3. The first-order chi connectivity index (χ1) is 8.04. The van der Waals surface area contributed by atoms with Crippen molar-refractivity contribution in [3.63, 3.8) is 0 Å². The van der Waals surface area contributed by atoms with Crippen molar-refractivity contribution in [3.05, 3.63) is 46.1 Å². The van der Waals surface area contributed by atoms with E-state index in [4.69, 9.17) is 4.74 Å². The first-order valence-corrected chi connectivity index (χ1v) is 5.79. The Labute approximate surface area is 107 Å². The third-order valence-corrected chi connectivity index (χ3v) is 2.49. The molecule has 0 bridgehead atoms. The number of hydrogen-bond donors (Lipinski definition) is 0. The van der Waals surface area contributed by atoms with Gasteiger partial charge in [0, 0.05) is 6.07 Å². The molecule has 2 rings (SSSR count). The Bertz CT molecular complexity index is 540. The SMILES string of the molecule is Cc1ccc(F)c(Oc2cc(Br)nc(C)n2)c1. The van der Waals surface area contributed by atoms with E-state index in [1.165, 1.54) is 6.07 Å². The highest BCUT2D eigenvalue weighted by Crippen LogP contribution is 2.25. The summed E-state index contributed by atoms with van der Waals surface area (Å²) in [5, 5.41) is 0. The van der Waals surface area contributed by atoms with Crippen LogP contribution in [0.4, 0.5) is 4.39 Å². The summed E-state index contributed by atoms with van der Waals surface area (Å²) in [7, 11) is 0. The highest BCUT2D eigenvalue weighted by atomic mass is 79.9. The first-order valence-electron chi connectivity index (χ1n) is 5.00. The minimum atomic E-state index is -0.414. The monoisotopic (exact) mass is 296 g/mol. The number of nitrogens with zero attached hydrogens (tertiary/aromatic N) is 2. The molecule has 0 aliphatic carbocycles. The molecule has 0 saturated carbocycles. The summed E-state index contributed by atoms with van der Waals surface area (Å²) >= 11 is 3.23. The molecule has 0 atom stereocenters. The molecule has 0 N–H and O–H groups in total. The lowest BCUT2D eigenvalue weighted by Crippen LogP contribution is -1.95. The van der Waals surface area contributed by atoms with Gasteiger partial charge < -0.3 is 4.74 Å². The third kappa shape index (κ3) is 3.00. The summed E-state index contributed by atoms with van der Waals surface area (Å²) in [4.78, 5) is 8.12. The fraction of sp³-hybridized carbons (Fsp3) is 0.167. The van der Waals surface area contributed by atoms with Gasteiger partial charge in [-0.3, -0.25) is 0 Å². The van der Waals surface area contributed by atoms with Crippen LogP contribution in [-0.2, 0) is 0 Å². The van der Waals surface area contributed by atoms with Crippen LogP contribution in [0, 0.1) is 19.7 Å². The molecule has 0 saturated heterocycles. The normalized spacial score (nSPS) is 10.4. The topological polar surface area (TPSA) is 35.0 Å². The van der Waals surface area contributed by atoms with Crippen molar-refractivity contribution in [2.24, 2.45) is 0 Å². The van der Waals surface area contributed by atoms with Crippen molar-refractivity contribution >= 4 is 15.9 Å². The van der Waals surface area contributed by atoms with Crippen LogP contribution in [-0.4, -0.2) is 9.97 Å². The van der Waals surface area contributed by atoms with Crippen molar-refractivity contribution in [3.8, 4) is 11.6 Å². The number of halogens is 2. The second-order valence-electron chi connectivity index (χ2n) is 3.61. The molecule has 0 aliphatic heterocycles. The first kappa shape index (κ1) is 12.0. The Morgan fingerprint density at radius 3 is 2.65 bits per heavy atom. The molecule has 1 aromatic carbocycles. The third-order valence-electron chi connectivity index (χ3n) is 2.08. The van der Waals surface area contributed by atoms with Gasteiger partial charge in [0.05, 0.1) is 0 Å². The second kappa shape index (κ2) is 4.79. The molecule has 2 aromatic rings. The van der Waals surface area contributed by atoms with Gasteiger partial charge in [0.2, 0.25) is 5.88 Å². The quantitative estimate of drug-likeness (QED) is 0.791. The molecule has 3 nitrogen and oxygen atoms in total. The molecule has 0 aliphatic rings. The van der Waals surface area contributed by atoms with E-state index in [9.17, 15) is 4.39 Å². The molecule has 0 amide bonds. The average molecular weight is 297 g/mol. The van der Waals surface area contributed by atoms with E-state index in [0.29, 0.717) is 16.3 Å². The highest BCUT2D eigenvalue weighted by molar-refractivity contribution is 9.10. The number of aromatic nitrogens is 2. The van der Waals surface area contributed by atoms with E-state index in [0.717, 1.165) is 5.56 Å². The molecular formula is C12H10BrFN2O. The van der Waals surface area contributed by atoms with E-state index >= 15 is 0 Å². The average Bonchev–Trinajstić information content (AvgIpc) is 2.22. The Balaban J connectivity index is 2.34. The zero-order valence-electron chi connectivity index (χ0n) is 9.37. The molecule has 1 aromatic heterocycles. The molecule has 1 heterocycles. The van der Waals surface area contributed by atoms with E-state index in [1.807, 2.05) is 6.92 Å². The Morgan fingerprint density at radius 1 is 1.18 bits per heavy atom. The van der Waals surface area contributed by atoms with Crippen molar-refractivity contribution in [2.45, 2.75) is 13.8 Å². The van der Waals surface area contributed by atoms with E-state index < -0.39 is 5.82 Å². The van der Waals surface area contributed by atoms with Crippen molar-refractivity contribution < 1.29 is 9.13 Å². The molecule has 0 unspecified atom stereocenters. The molecule has 0 radical (unpaired) electrons. The van der Waals surface area contributed by atoms with Crippen LogP contribution in [0.25, 0.3) is 0 Å². The molecule has 17 heavy (non-hydrogen) atoms. The Morgan fingerprint density at radius 2 is 1.94 bits per heavy atom. The maximum atomic E-state index is 13.5. The Hall–Kier alpha value is -1.49. The summed E-state index contributed by atoms with van der Waals surface area (Å²) < 4.78 is 19.5. The Kier molecular flexibility index (Phi) is 3.38. The van der Waals surface area contributed by atoms with Gasteiger partial charge in [-0.1, -0.05) is 6.07 Å². The van der Waals surface area contributed by atoms with Gasteiger partial charge in [0.15, 0.2) is 11.6 Å². The maximum Gasteiger partial charge on any atom is 0.223 e. The van der Waals surface area contributed by atoms with Crippen LogP contribution in [0.1, 0.15) is 11.4 Å². The molecule has 0 spiro atoms. The second-order valence-corrected chi connectivity index (χ2v) is 4.42. The number of aryl methyl sites for hydroxylation is 2. The maximum absolute atomic E-state index is 13.5. The lowest BCUT2D eigenvalue weighted by atomic mass is 10.2. The zero-order chi connectivity index (χ0) is 12.4. The minimum Gasteiger partial charge on any atom is -0.436 e. The molecule has 0 fully saturated rings. The van der Waals surface area contributed by atoms with Crippen LogP contribution < -0.4 is 4.74 Å². The number of ether oxygens (including phenoxy) is 1. The number of benzene rings is 1. The summed E-state index contributed by atoms with van der Waals surface area (Å²) in [6, 6.07) is 6.27. The van der Waals surface area contributed by atoms with Gasteiger partial charge in [0.1, 0.15) is 10.4 Å². The lowest BCUT2D eigenvalue weighted by Gasteiger charge is -2.07. The molecule has 5 heteroatoms. The van der Waals surface area contributed by atoms with Crippen molar-refractivity contribution in [1.82, 2.24) is 9.97 Å². The summed E-state index contributed by atoms with van der Waals surface area (Å²) in [6.45, 7) is 3.61. The largest absolute Gasteiger partial charge is 0.436 e. The van der Waals surface area contributed by atoms with Crippen LogP contribution in [0.15, 0.2) is 28.9 Å². The zero-order valence-corrected chi connectivity index (χ0v) is 11.0. The van der Waals surface area contributed by atoms with Crippen molar-refractivity contribution in [1.29, 1.82) is 0 Å². The van der Waals surface area contributed by atoms with Crippen LogP contribution in [0.3, 0.4) is 0 Å². The van der Waals surface area contributed by atoms with Crippen molar-refractivity contribution in [2.75, 3.05) is 0 Å². The molecular weight excluding hydrogens is 287 g/mol. The van der Waals surface area contributed by atoms with Crippen LogP contribution in [0.2, 0.25) is 0 Å². The number of rotatable bonds is 2. The van der Waals surface area contributed by atoms with Gasteiger partial charge >= 0.3 is 0 Å². The van der Waals surface area contributed by atoms with Gasteiger partial charge in [0.25, 0.3) is 0 Å². The van der Waals surface area contributed by atoms with Gasteiger partial charge in [-0.25, -0.2) is 9.37 Å². The smallest absolute Gasteiger partial charge is 0.223 e. The predicted molar refractivity (Wildman–Crippen MR) is 65.7 cm³/mol. The summed E-state index contributed by atoms with van der Waals surface area (Å²) in [5.41, 5.74) is 0.922. The number of hydrogen-bond acceptors (Lipinski definition) is 3. The fourth-order valence-corrected chi connectivity index (χ4v) is 1.81. The van der Waals surface area contributed by atoms with Crippen LogP contribution >= 0.6 is 15.9 Å². The minimum absolute atomic E-state index is 0.162. The summed E-state index contributed by atoms with van der Waals surface area (Å²) in [6.07, 6.45) is 0. The predicted octanol–water partition coefficient (Wildman–Crippen LogP) is 3.79. The van der Waals surface area contributed by atoms with Gasteiger partial charge in [-0.15, -0.1) is 0 Å². The molecule has 88 valence electrons. The van der Waals surface area contributed by atoms with Crippen LogP contribution in [0.5, 0.6) is 11.6 Å². The van der Waals surface area contributed by atoms with E-state index in [2.05, 4.69) is 25.9 Å². The van der Waals surface area contributed by atoms with E-state index in [1.54, 1.807) is 25.1 Å². The van der Waals surface area contributed by atoms with Gasteiger partial charge in [-0.2, -0.15) is 4.98 Å².